The summed E-state index contributed by atoms with van der Waals surface area (Å²) in [5, 5.41) is 5.14. The van der Waals surface area contributed by atoms with E-state index in [0.29, 0.717) is 6.04 Å². The summed E-state index contributed by atoms with van der Waals surface area (Å²) in [6.07, 6.45) is 3.77. The van der Waals surface area contributed by atoms with Crippen LogP contribution >= 0.6 is 22.9 Å². The van der Waals surface area contributed by atoms with Crippen LogP contribution in [0.25, 0.3) is 10.9 Å². The molecule has 6 heteroatoms. The van der Waals surface area contributed by atoms with Gasteiger partial charge in [0.1, 0.15) is 5.01 Å². The van der Waals surface area contributed by atoms with E-state index in [1.165, 1.54) is 10.7 Å². The molecule has 124 valence electrons. The second-order valence-electron chi connectivity index (χ2n) is 6.06. The van der Waals surface area contributed by atoms with Crippen molar-refractivity contribution in [2.45, 2.75) is 13.0 Å². The third-order valence-corrected chi connectivity index (χ3v) is 5.87. The van der Waals surface area contributed by atoms with Crippen LogP contribution in [-0.2, 0) is 0 Å². The monoisotopic (exact) mass is 358 g/mol. The maximum absolute atomic E-state index is 6.19. The van der Waals surface area contributed by atoms with E-state index >= 15 is 0 Å². The number of benzene rings is 1. The Morgan fingerprint density at radius 1 is 1.08 bits per heavy atom. The molecule has 1 aliphatic heterocycles. The summed E-state index contributed by atoms with van der Waals surface area (Å²) in [4.78, 5) is 13.9. The van der Waals surface area contributed by atoms with Gasteiger partial charge < -0.3 is 4.90 Å². The Labute approximate surface area is 150 Å². The molecule has 4 rings (SSSR count). The maximum atomic E-state index is 6.19. The summed E-state index contributed by atoms with van der Waals surface area (Å²) < 4.78 is 0. The van der Waals surface area contributed by atoms with Crippen molar-refractivity contribution in [3.8, 4) is 0 Å². The Hall–Kier alpha value is -1.69. The minimum Gasteiger partial charge on any atom is -0.368 e. The average molecular weight is 359 g/mol. The normalized spacial score (nSPS) is 17.3. The van der Waals surface area contributed by atoms with Crippen LogP contribution in [0.5, 0.6) is 0 Å². The van der Waals surface area contributed by atoms with Crippen LogP contribution in [0.2, 0.25) is 5.02 Å². The first kappa shape index (κ1) is 15.8. The van der Waals surface area contributed by atoms with Crippen LogP contribution in [-0.4, -0.2) is 41.0 Å². The zero-order chi connectivity index (χ0) is 16.5. The van der Waals surface area contributed by atoms with Gasteiger partial charge in [-0.1, -0.05) is 11.6 Å². The fourth-order valence-electron chi connectivity index (χ4n) is 3.33. The van der Waals surface area contributed by atoms with Crippen molar-refractivity contribution in [2.75, 3.05) is 31.1 Å². The first-order valence-electron chi connectivity index (χ1n) is 8.15. The van der Waals surface area contributed by atoms with E-state index in [0.717, 1.165) is 42.1 Å². The molecule has 0 N–H and O–H groups in total. The molecular weight excluding hydrogens is 340 g/mol. The predicted octanol–water partition coefficient (Wildman–Crippen LogP) is 4.23. The van der Waals surface area contributed by atoms with Crippen LogP contribution in [0.1, 0.15) is 18.0 Å². The lowest BCUT2D eigenvalue weighted by Gasteiger charge is -2.38. The van der Waals surface area contributed by atoms with Crippen molar-refractivity contribution in [1.29, 1.82) is 0 Å². The molecule has 24 heavy (non-hydrogen) atoms. The van der Waals surface area contributed by atoms with Gasteiger partial charge in [-0.25, -0.2) is 4.98 Å². The summed E-state index contributed by atoms with van der Waals surface area (Å²) in [7, 11) is 0. The van der Waals surface area contributed by atoms with Gasteiger partial charge in [0.25, 0.3) is 0 Å². The summed E-state index contributed by atoms with van der Waals surface area (Å²) in [5.74, 6) is 0. The molecule has 0 aliphatic carbocycles. The molecular formula is C18H19ClN4S. The predicted molar refractivity (Wildman–Crippen MR) is 101 cm³/mol. The number of nitrogens with zero attached hydrogens (tertiary/aromatic N) is 4. The molecule has 1 fully saturated rings. The average Bonchev–Trinajstić information content (AvgIpc) is 3.15. The number of hydrogen-bond donors (Lipinski definition) is 0. The largest absolute Gasteiger partial charge is 0.368 e. The van der Waals surface area contributed by atoms with Gasteiger partial charge in [-0.2, -0.15) is 0 Å². The molecule has 1 saturated heterocycles. The molecule has 1 aromatic carbocycles. The van der Waals surface area contributed by atoms with Crippen molar-refractivity contribution < 1.29 is 0 Å². The van der Waals surface area contributed by atoms with Gasteiger partial charge >= 0.3 is 0 Å². The van der Waals surface area contributed by atoms with Gasteiger partial charge in [-0.15, -0.1) is 11.3 Å². The Morgan fingerprint density at radius 2 is 1.92 bits per heavy atom. The van der Waals surface area contributed by atoms with Gasteiger partial charge in [0.2, 0.25) is 0 Å². The van der Waals surface area contributed by atoms with E-state index in [-0.39, 0.29) is 0 Å². The summed E-state index contributed by atoms with van der Waals surface area (Å²) >= 11 is 7.93. The van der Waals surface area contributed by atoms with Gasteiger partial charge in [0.05, 0.1) is 11.6 Å². The topological polar surface area (TPSA) is 32.3 Å². The summed E-state index contributed by atoms with van der Waals surface area (Å²) in [6.45, 7) is 6.31. The SMILES string of the molecule is CC(c1nccs1)N1CCN(c2ccnc3ccc(Cl)cc23)CC1. The molecule has 0 saturated carbocycles. The highest BCUT2D eigenvalue weighted by Crippen LogP contribution is 2.30. The molecule has 1 unspecified atom stereocenters. The van der Waals surface area contributed by atoms with Crippen LogP contribution in [0.15, 0.2) is 42.0 Å². The number of fused-ring (bicyclic) bond motifs is 1. The Bertz CT molecular complexity index is 828. The van der Waals surface area contributed by atoms with Crippen molar-refractivity contribution in [1.82, 2.24) is 14.9 Å². The third-order valence-electron chi connectivity index (χ3n) is 4.69. The Kier molecular flexibility index (Phi) is 4.39. The molecule has 3 aromatic rings. The number of pyridine rings is 1. The van der Waals surface area contributed by atoms with Gasteiger partial charge in [-0.05, 0) is 31.2 Å². The highest BCUT2D eigenvalue weighted by atomic mass is 35.5. The smallest absolute Gasteiger partial charge is 0.109 e. The fourth-order valence-corrected chi connectivity index (χ4v) is 4.23. The first-order chi connectivity index (χ1) is 11.7. The Morgan fingerprint density at radius 3 is 2.67 bits per heavy atom. The third kappa shape index (κ3) is 2.99. The van der Waals surface area contributed by atoms with E-state index in [2.05, 4.69) is 38.1 Å². The minimum absolute atomic E-state index is 0.385. The maximum Gasteiger partial charge on any atom is 0.109 e. The van der Waals surface area contributed by atoms with Crippen LogP contribution in [0.3, 0.4) is 0 Å². The summed E-state index contributed by atoms with van der Waals surface area (Å²) in [5.41, 5.74) is 2.22. The van der Waals surface area contributed by atoms with E-state index < -0.39 is 0 Å². The second kappa shape index (κ2) is 6.67. The molecule has 0 spiro atoms. The van der Waals surface area contributed by atoms with Crippen molar-refractivity contribution in [2.24, 2.45) is 0 Å². The quantitative estimate of drug-likeness (QED) is 0.701. The van der Waals surface area contributed by atoms with Crippen molar-refractivity contribution in [3.63, 3.8) is 0 Å². The van der Waals surface area contributed by atoms with Crippen molar-refractivity contribution >= 4 is 39.5 Å². The van der Waals surface area contributed by atoms with Crippen LogP contribution in [0, 0.1) is 0 Å². The molecule has 1 atom stereocenters. The van der Waals surface area contributed by atoms with Gasteiger partial charge in [0.15, 0.2) is 0 Å². The fraction of sp³-hybridized carbons (Fsp3) is 0.333. The Balaban J connectivity index is 1.53. The van der Waals surface area contributed by atoms with Gasteiger partial charge in [-0.3, -0.25) is 9.88 Å². The molecule has 0 amide bonds. The van der Waals surface area contributed by atoms with E-state index in [9.17, 15) is 0 Å². The van der Waals surface area contributed by atoms with E-state index in [1.807, 2.05) is 30.6 Å². The number of halogens is 1. The molecule has 0 bridgehead atoms. The number of piperazine rings is 1. The molecule has 3 heterocycles. The lowest BCUT2D eigenvalue weighted by atomic mass is 10.1. The van der Waals surface area contributed by atoms with E-state index in [1.54, 1.807) is 11.3 Å². The number of hydrogen-bond acceptors (Lipinski definition) is 5. The minimum atomic E-state index is 0.385. The number of aromatic nitrogens is 2. The zero-order valence-corrected chi connectivity index (χ0v) is 15.1. The number of anilines is 1. The van der Waals surface area contributed by atoms with Crippen LogP contribution in [0.4, 0.5) is 5.69 Å². The highest BCUT2D eigenvalue weighted by molar-refractivity contribution is 7.09. The molecule has 2 aromatic heterocycles. The lowest BCUT2D eigenvalue weighted by Crippen LogP contribution is -2.47. The van der Waals surface area contributed by atoms with E-state index in [4.69, 9.17) is 11.6 Å². The second-order valence-corrected chi connectivity index (χ2v) is 7.42. The molecule has 4 nitrogen and oxygen atoms in total. The standard InChI is InChI=1S/C18H19ClN4S/c1-13(18-21-6-11-24-18)22-7-9-23(10-8-22)17-4-5-20-16-3-2-14(19)12-15(16)17/h2-6,11-13H,7-10H2,1H3. The molecule has 0 radical (unpaired) electrons. The van der Waals surface area contributed by atoms with Crippen LogP contribution < -0.4 is 4.90 Å². The zero-order valence-electron chi connectivity index (χ0n) is 13.5. The van der Waals surface area contributed by atoms with Crippen molar-refractivity contribution in [3.05, 3.63) is 52.1 Å². The number of rotatable bonds is 3. The molecule has 1 aliphatic rings. The highest BCUT2D eigenvalue weighted by Gasteiger charge is 2.24. The first-order valence-corrected chi connectivity index (χ1v) is 9.41. The lowest BCUT2D eigenvalue weighted by molar-refractivity contribution is 0.198. The van der Waals surface area contributed by atoms with Gasteiger partial charge in [0, 0.05) is 60.0 Å². The number of thiazole rings is 1. The summed E-state index contributed by atoms with van der Waals surface area (Å²) in [6, 6.07) is 8.38.